The maximum Gasteiger partial charge on any atom is 0.260 e. The van der Waals surface area contributed by atoms with Gasteiger partial charge >= 0.3 is 0 Å². The van der Waals surface area contributed by atoms with Crippen molar-refractivity contribution in [2.24, 2.45) is 0 Å². The van der Waals surface area contributed by atoms with Crippen LogP contribution in [0, 0.1) is 12.7 Å². The van der Waals surface area contributed by atoms with E-state index in [1.54, 1.807) is 19.9 Å². The molecule has 0 fully saturated rings. The molecule has 1 heterocycles. The van der Waals surface area contributed by atoms with Gasteiger partial charge < -0.3 is 10.3 Å². The quantitative estimate of drug-likeness (QED) is 0.915. The molecule has 4 nitrogen and oxygen atoms in total. The molecule has 0 saturated carbocycles. The zero-order chi connectivity index (χ0) is 15.6. The summed E-state index contributed by atoms with van der Waals surface area (Å²) in [5, 5.41) is 2.67. The third-order valence-electron chi connectivity index (χ3n) is 3.09. The van der Waals surface area contributed by atoms with Crippen LogP contribution in [-0.2, 0) is 0 Å². The fourth-order valence-corrected chi connectivity index (χ4v) is 2.08. The summed E-state index contributed by atoms with van der Waals surface area (Å²) in [5.74, 6) is -1.02. The summed E-state index contributed by atoms with van der Waals surface area (Å²) in [6.07, 6.45) is 0. The molecule has 6 heteroatoms. The Bertz CT molecular complexity index is 743. The van der Waals surface area contributed by atoms with Crippen molar-refractivity contribution in [1.82, 2.24) is 10.3 Å². The molecule has 1 atom stereocenters. The van der Waals surface area contributed by atoms with E-state index in [4.69, 9.17) is 11.6 Å². The average Bonchev–Trinajstić information content (AvgIpc) is 2.41. The van der Waals surface area contributed by atoms with Crippen LogP contribution in [0.15, 0.2) is 35.1 Å². The zero-order valence-corrected chi connectivity index (χ0v) is 12.3. The molecule has 0 saturated heterocycles. The van der Waals surface area contributed by atoms with Crippen molar-refractivity contribution in [3.63, 3.8) is 0 Å². The SMILES string of the molecule is Cc1ccc(C(=O)N[C@@H](C)c2ccc(F)c(Cl)c2)c(=O)[nH]1. The second kappa shape index (κ2) is 6.10. The number of pyridine rings is 1. The minimum Gasteiger partial charge on any atom is -0.345 e. The van der Waals surface area contributed by atoms with E-state index in [1.165, 1.54) is 24.3 Å². The van der Waals surface area contributed by atoms with E-state index >= 15 is 0 Å². The van der Waals surface area contributed by atoms with Gasteiger partial charge in [0, 0.05) is 5.69 Å². The fraction of sp³-hybridized carbons (Fsp3) is 0.200. The summed E-state index contributed by atoms with van der Waals surface area (Å²) < 4.78 is 13.1. The van der Waals surface area contributed by atoms with E-state index in [0.29, 0.717) is 11.3 Å². The number of carbonyl (C=O) groups excluding carboxylic acids is 1. The van der Waals surface area contributed by atoms with Gasteiger partial charge in [0.15, 0.2) is 0 Å². The van der Waals surface area contributed by atoms with Crippen LogP contribution in [0.1, 0.15) is 34.6 Å². The zero-order valence-electron chi connectivity index (χ0n) is 11.5. The number of carbonyl (C=O) groups is 1. The van der Waals surface area contributed by atoms with E-state index in [-0.39, 0.29) is 10.6 Å². The molecule has 21 heavy (non-hydrogen) atoms. The van der Waals surface area contributed by atoms with Gasteiger partial charge in [-0.25, -0.2) is 4.39 Å². The van der Waals surface area contributed by atoms with Crippen LogP contribution < -0.4 is 10.9 Å². The van der Waals surface area contributed by atoms with Crippen LogP contribution in [0.2, 0.25) is 5.02 Å². The number of amides is 1. The van der Waals surface area contributed by atoms with Crippen molar-refractivity contribution in [1.29, 1.82) is 0 Å². The standard InChI is InChI=1S/C15H14ClFN2O2/c1-8-3-5-11(14(20)18-8)15(21)19-9(2)10-4-6-13(17)12(16)7-10/h3-7,9H,1-2H3,(H,18,20)(H,19,21)/t9-/m0/s1. The lowest BCUT2D eigenvalue weighted by Gasteiger charge is -2.14. The van der Waals surface area contributed by atoms with E-state index in [2.05, 4.69) is 10.3 Å². The number of benzene rings is 1. The van der Waals surface area contributed by atoms with Gasteiger partial charge in [-0.15, -0.1) is 0 Å². The summed E-state index contributed by atoms with van der Waals surface area (Å²) >= 11 is 5.71. The molecule has 110 valence electrons. The van der Waals surface area contributed by atoms with E-state index in [0.717, 1.165) is 0 Å². The lowest BCUT2D eigenvalue weighted by molar-refractivity contribution is 0.0938. The number of hydrogen-bond acceptors (Lipinski definition) is 2. The number of aromatic amines is 1. The number of H-pyrrole nitrogens is 1. The maximum atomic E-state index is 13.1. The highest BCUT2D eigenvalue weighted by Crippen LogP contribution is 2.20. The van der Waals surface area contributed by atoms with Crippen LogP contribution in [-0.4, -0.2) is 10.9 Å². The lowest BCUT2D eigenvalue weighted by atomic mass is 10.1. The molecule has 0 radical (unpaired) electrons. The van der Waals surface area contributed by atoms with Crippen LogP contribution in [0.4, 0.5) is 4.39 Å². The van der Waals surface area contributed by atoms with Crippen molar-refractivity contribution < 1.29 is 9.18 Å². The minimum absolute atomic E-state index is 0.0122. The molecule has 2 rings (SSSR count). The smallest absolute Gasteiger partial charge is 0.260 e. The number of nitrogens with one attached hydrogen (secondary N) is 2. The van der Waals surface area contributed by atoms with Crippen LogP contribution in [0.3, 0.4) is 0 Å². The molecule has 0 bridgehead atoms. The van der Waals surface area contributed by atoms with Gasteiger partial charge in [0.25, 0.3) is 11.5 Å². The Hall–Kier alpha value is -2.14. The van der Waals surface area contributed by atoms with Crippen LogP contribution >= 0.6 is 11.6 Å². The third kappa shape index (κ3) is 3.49. The molecule has 0 spiro atoms. The summed E-state index contributed by atoms with van der Waals surface area (Å²) in [7, 11) is 0. The highest BCUT2D eigenvalue weighted by atomic mass is 35.5. The monoisotopic (exact) mass is 308 g/mol. The number of aromatic nitrogens is 1. The van der Waals surface area contributed by atoms with Crippen LogP contribution in [0.5, 0.6) is 0 Å². The topological polar surface area (TPSA) is 62.0 Å². The molecule has 2 aromatic rings. The van der Waals surface area contributed by atoms with Crippen LogP contribution in [0.25, 0.3) is 0 Å². The molecule has 0 unspecified atom stereocenters. The van der Waals surface area contributed by atoms with Crippen molar-refractivity contribution in [3.8, 4) is 0 Å². The predicted octanol–water partition coefficient (Wildman–Crippen LogP) is 2.97. The average molecular weight is 309 g/mol. The van der Waals surface area contributed by atoms with Gasteiger partial charge in [-0.2, -0.15) is 0 Å². The molecule has 0 aliphatic carbocycles. The summed E-state index contributed by atoms with van der Waals surface area (Å²) in [5.41, 5.74) is 0.908. The molecule has 1 amide bonds. The molecule has 1 aromatic carbocycles. The number of aryl methyl sites for hydroxylation is 1. The first-order valence-electron chi connectivity index (χ1n) is 6.34. The second-order valence-corrected chi connectivity index (χ2v) is 5.16. The highest BCUT2D eigenvalue weighted by molar-refractivity contribution is 6.30. The first-order valence-corrected chi connectivity index (χ1v) is 6.72. The third-order valence-corrected chi connectivity index (χ3v) is 3.38. The Balaban J connectivity index is 2.18. The number of hydrogen-bond donors (Lipinski definition) is 2. The number of halogens is 2. The summed E-state index contributed by atoms with van der Waals surface area (Å²) in [6, 6.07) is 6.92. The molecule has 2 N–H and O–H groups in total. The van der Waals surface area contributed by atoms with Gasteiger partial charge in [-0.1, -0.05) is 17.7 Å². The summed E-state index contributed by atoms with van der Waals surface area (Å²) in [4.78, 5) is 26.3. The normalized spacial score (nSPS) is 12.0. The van der Waals surface area contributed by atoms with Gasteiger partial charge in [0.1, 0.15) is 11.4 Å². The van der Waals surface area contributed by atoms with Crippen molar-refractivity contribution in [2.45, 2.75) is 19.9 Å². The fourth-order valence-electron chi connectivity index (χ4n) is 1.89. The Morgan fingerprint density at radius 3 is 2.67 bits per heavy atom. The largest absolute Gasteiger partial charge is 0.345 e. The minimum atomic E-state index is -0.520. The highest BCUT2D eigenvalue weighted by Gasteiger charge is 2.15. The van der Waals surface area contributed by atoms with E-state index < -0.39 is 23.3 Å². The van der Waals surface area contributed by atoms with Gasteiger partial charge in [-0.05, 0) is 43.7 Å². The predicted molar refractivity (Wildman–Crippen MR) is 79.1 cm³/mol. The van der Waals surface area contributed by atoms with E-state index in [1.807, 2.05) is 0 Å². The van der Waals surface area contributed by atoms with Crippen molar-refractivity contribution in [2.75, 3.05) is 0 Å². The Morgan fingerprint density at radius 1 is 1.33 bits per heavy atom. The van der Waals surface area contributed by atoms with Gasteiger partial charge in [0.2, 0.25) is 0 Å². The van der Waals surface area contributed by atoms with Gasteiger partial charge in [0.05, 0.1) is 11.1 Å². The molecule has 0 aliphatic rings. The lowest BCUT2D eigenvalue weighted by Crippen LogP contribution is -2.31. The first kappa shape index (κ1) is 15.3. The van der Waals surface area contributed by atoms with Gasteiger partial charge in [-0.3, -0.25) is 9.59 Å². The molecule has 1 aromatic heterocycles. The maximum absolute atomic E-state index is 13.1. The summed E-state index contributed by atoms with van der Waals surface area (Å²) in [6.45, 7) is 3.45. The Kier molecular flexibility index (Phi) is 4.43. The first-order chi connectivity index (χ1) is 9.88. The molecular formula is C15H14ClFN2O2. The van der Waals surface area contributed by atoms with E-state index in [9.17, 15) is 14.0 Å². The van der Waals surface area contributed by atoms with Crippen molar-refractivity contribution in [3.05, 3.63) is 68.3 Å². The Labute approximate surface area is 126 Å². The molecule has 0 aliphatic heterocycles. The Morgan fingerprint density at radius 2 is 2.05 bits per heavy atom. The molecular weight excluding hydrogens is 295 g/mol. The number of rotatable bonds is 3. The van der Waals surface area contributed by atoms with Crippen molar-refractivity contribution >= 4 is 17.5 Å². The second-order valence-electron chi connectivity index (χ2n) is 4.75.